The second-order valence-electron chi connectivity index (χ2n) is 3.95. The van der Waals surface area contributed by atoms with Crippen molar-refractivity contribution >= 4 is 44.4 Å². The first-order valence-electron chi connectivity index (χ1n) is 5.72. The molecule has 0 bridgehead atoms. The highest BCUT2D eigenvalue weighted by molar-refractivity contribution is 9.10. The highest BCUT2D eigenvalue weighted by atomic mass is 79.9. The lowest BCUT2D eigenvalue weighted by molar-refractivity contribution is -0.144. The van der Waals surface area contributed by atoms with Crippen molar-refractivity contribution in [1.82, 2.24) is 9.78 Å². The van der Waals surface area contributed by atoms with Gasteiger partial charge >= 0.3 is 5.97 Å². The van der Waals surface area contributed by atoms with Crippen LogP contribution in [-0.2, 0) is 16.1 Å². The zero-order chi connectivity index (χ0) is 14.9. The summed E-state index contributed by atoms with van der Waals surface area (Å²) in [7, 11) is 0. The van der Waals surface area contributed by atoms with Crippen LogP contribution in [0, 0.1) is 0 Å². The van der Waals surface area contributed by atoms with Crippen LogP contribution in [0.3, 0.4) is 0 Å². The fraction of sp³-hybridized carbons (Fsp3) is 0.333. The van der Waals surface area contributed by atoms with Crippen molar-refractivity contribution in [2.24, 2.45) is 0 Å². The molecule has 4 nitrogen and oxygen atoms in total. The summed E-state index contributed by atoms with van der Waals surface area (Å²) in [6.07, 6.45) is -1.25. The Morgan fingerprint density at radius 1 is 1.60 bits per heavy atom. The van der Waals surface area contributed by atoms with Crippen LogP contribution in [0.15, 0.2) is 16.7 Å². The summed E-state index contributed by atoms with van der Waals surface area (Å²) in [6, 6.07) is 1.39. The highest BCUT2D eigenvalue weighted by Gasteiger charge is 2.21. The van der Waals surface area contributed by atoms with E-state index in [1.165, 1.54) is 16.9 Å². The molecule has 0 spiro atoms. The summed E-state index contributed by atoms with van der Waals surface area (Å²) in [4.78, 5) is 11.4. The molecule has 0 aliphatic carbocycles. The monoisotopic (exact) mass is 366 g/mol. The molecule has 1 heterocycles. The number of benzene rings is 1. The summed E-state index contributed by atoms with van der Waals surface area (Å²) in [6.45, 7) is 1.77. The van der Waals surface area contributed by atoms with E-state index in [9.17, 15) is 13.6 Å². The third kappa shape index (κ3) is 2.93. The Labute approximate surface area is 126 Å². The van der Waals surface area contributed by atoms with Gasteiger partial charge in [-0.3, -0.25) is 9.48 Å². The second kappa shape index (κ2) is 6.05. The number of ether oxygens (including phenoxy) is 1. The fourth-order valence-corrected chi connectivity index (χ4v) is 2.77. The molecule has 108 valence electrons. The summed E-state index contributed by atoms with van der Waals surface area (Å²) >= 11 is 9.05. The van der Waals surface area contributed by atoms with Crippen LogP contribution in [0.1, 0.15) is 18.9 Å². The lowest BCUT2D eigenvalue weighted by Crippen LogP contribution is -2.13. The molecule has 0 N–H and O–H groups in total. The Hall–Kier alpha value is -1.21. The second-order valence-corrected chi connectivity index (χ2v) is 5.21. The molecule has 20 heavy (non-hydrogen) atoms. The number of alkyl halides is 2. The van der Waals surface area contributed by atoms with Gasteiger partial charge in [-0.1, -0.05) is 27.5 Å². The molecular formula is C12H10BrClF2N2O2. The predicted molar refractivity (Wildman–Crippen MR) is 74.0 cm³/mol. The first-order chi connectivity index (χ1) is 9.43. The maximum absolute atomic E-state index is 13.1. The average Bonchev–Trinajstić information content (AvgIpc) is 2.72. The van der Waals surface area contributed by atoms with Crippen LogP contribution in [0.5, 0.6) is 0 Å². The minimum Gasteiger partial charge on any atom is -0.465 e. The normalized spacial score (nSPS) is 11.3. The SMILES string of the molecule is CCOC(=O)Cn1cc2c(Cl)cc(Br)c(C(F)F)c2n1. The van der Waals surface area contributed by atoms with Gasteiger partial charge in [0.25, 0.3) is 6.43 Å². The summed E-state index contributed by atoms with van der Waals surface area (Å²) in [5.41, 5.74) is -0.171. The van der Waals surface area contributed by atoms with Crippen molar-refractivity contribution in [2.45, 2.75) is 19.9 Å². The molecule has 0 unspecified atom stereocenters. The Morgan fingerprint density at radius 2 is 2.30 bits per heavy atom. The van der Waals surface area contributed by atoms with Gasteiger partial charge in [0.2, 0.25) is 0 Å². The molecule has 0 saturated carbocycles. The predicted octanol–water partition coefficient (Wildman–Crippen LogP) is 3.95. The van der Waals surface area contributed by atoms with Crippen LogP contribution < -0.4 is 0 Å². The van der Waals surface area contributed by atoms with Gasteiger partial charge in [0.05, 0.1) is 17.2 Å². The van der Waals surface area contributed by atoms with E-state index < -0.39 is 12.4 Å². The quantitative estimate of drug-likeness (QED) is 0.769. The van der Waals surface area contributed by atoms with Gasteiger partial charge in [0.15, 0.2) is 0 Å². The fourth-order valence-electron chi connectivity index (χ4n) is 1.80. The van der Waals surface area contributed by atoms with Crippen LogP contribution >= 0.6 is 27.5 Å². The number of nitrogens with zero attached hydrogens (tertiary/aromatic N) is 2. The third-order valence-corrected chi connectivity index (χ3v) is 3.57. The van der Waals surface area contributed by atoms with Crippen molar-refractivity contribution in [2.75, 3.05) is 6.61 Å². The van der Waals surface area contributed by atoms with Crippen LogP contribution in [-0.4, -0.2) is 22.4 Å². The van der Waals surface area contributed by atoms with E-state index in [2.05, 4.69) is 21.0 Å². The Bertz CT molecular complexity index is 660. The van der Waals surface area contributed by atoms with Gasteiger partial charge in [0.1, 0.15) is 12.1 Å². The minimum absolute atomic E-state index is 0.0728. The van der Waals surface area contributed by atoms with Gasteiger partial charge in [0, 0.05) is 16.1 Å². The van der Waals surface area contributed by atoms with Crippen molar-refractivity contribution < 1.29 is 18.3 Å². The van der Waals surface area contributed by atoms with Crippen LogP contribution in [0.25, 0.3) is 10.9 Å². The summed E-state index contributed by atoms with van der Waals surface area (Å²) in [5.74, 6) is -0.492. The third-order valence-electron chi connectivity index (χ3n) is 2.60. The number of aromatic nitrogens is 2. The van der Waals surface area contributed by atoms with Gasteiger partial charge in [-0.05, 0) is 13.0 Å². The van der Waals surface area contributed by atoms with Gasteiger partial charge < -0.3 is 4.74 Å². The number of carbonyl (C=O) groups is 1. The maximum Gasteiger partial charge on any atom is 0.327 e. The van der Waals surface area contributed by atoms with Crippen LogP contribution in [0.4, 0.5) is 8.78 Å². The molecule has 8 heteroatoms. The Morgan fingerprint density at radius 3 is 2.90 bits per heavy atom. The number of hydrogen-bond acceptors (Lipinski definition) is 3. The number of hydrogen-bond donors (Lipinski definition) is 0. The largest absolute Gasteiger partial charge is 0.465 e. The number of rotatable bonds is 4. The lowest BCUT2D eigenvalue weighted by atomic mass is 10.1. The number of carbonyl (C=O) groups excluding carboxylic acids is 1. The van der Waals surface area contributed by atoms with E-state index in [0.717, 1.165) is 0 Å². The topological polar surface area (TPSA) is 44.1 Å². The number of halogens is 4. The molecular weight excluding hydrogens is 357 g/mol. The zero-order valence-electron chi connectivity index (χ0n) is 10.4. The summed E-state index contributed by atoms with van der Waals surface area (Å²) in [5, 5.41) is 4.65. The van der Waals surface area contributed by atoms with Gasteiger partial charge in [-0.25, -0.2) is 8.78 Å². The van der Waals surface area contributed by atoms with Crippen molar-refractivity contribution in [1.29, 1.82) is 0 Å². The van der Waals surface area contributed by atoms with E-state index in [4.69, 9.17) is 16.3 Å². The van der Waals surface area contributed by atoms with Gasteiger partial charge in [-0.15, -0.1) is 0 Å². The molecule has 0 aliphatic heterocycles. The highest BCUT2D eigenvalue weighted by Crippen LogP contribution is 2.37. The van der Waals surface area contributed by atoms with E-state index in [1.807, 2.05) is 0 Å². The molecule has 1 aromatic carbocycles. The van der Waals surface area contributed by atoms with Gasteiger partial charge in [-0.2, -0.15) is 5.10 Å². The molecule has 0 atom stereocenters. The molecule has 0 radical (unpaired) electrons. The van der Waals surface area contributed by atoms with Crippen molar-refractivity contribution in [3.05, 3.63) is 27.3 Å². The van der Waals surface area contributed by atoms with Crippen molar-refractivity contribution in [3.8, 4) is 0 Å². The molecule has 0 fully saturated rings. The lowest BCUT2D eigenvalue weighted by Gasteiger charge is -2.05. The Balaban J connectivity index is 2.49. The Kier molecular flexibility index (Phi) is 4.59. The van der Waals surface area contributed by atoms with E-state index in [-0.39, 0.29) is 33.7 Å². The maximum atomic E-state index is 13.1. The molecule has 2 aromatic rings. The molecule has 0 saturated heterocycles. The zero-order valence-corrected chi connectivity index (χ0v) is 12.7. The molecule has 0 aliphatic rings. The standard InChI is InChI=1S/C12H10BrClF2N2O2/c1-2-20-9(19)5-18-4-6-8(14)3-7(13)10(12(15)16)11(6)17-18/h3-4,12H,2,5H2,1H3. The van der Waals surface area contributed by atoms with Crippen LogP contribution in [0.2, 0.25) is 5.02 Å². The first kappa shape index (κ1) is 15.2. The summed E-state index contributed by atoms with van der Waals surface area (Å²) < 4.78 is 32.3. The van der Waals surface area contributed by atoms with E-state index in [1.54, 1.807) is 6.92 Å². The first-order valence-corrected chi connectivity index (χ1v) is 6.90. The molecule has 2 rings (SSSR count). The van der Waals surface area contributed by atoms with E-state index >= 15 is 0 Å². The smallest absolute Gasteiger partial charge is 0.327 e. The van der Waals surface area contributed by atoms with E-state index in [0.29, 0.717) is 5.39 Å². The number of esters is 1. The molecule has 0 amide bonds. The average molecular weight is 368 g/mol. The minimum atomic E-state index is -2.70. The van der Waals surface area contributed by atoms with Crippen molar-refractivity contribution in [3.63, 3.8) is 0 Å². The number of fused-ring (bicyclic) bond motifs is 1. The molecule has 1 aromatic heterocycles.